The van der Waals surface area contributed by atoms with E-state index in [1.54, 1.807) is 6.07 Å². The maximum Gasteiger partial charge on any atom is 0.0823 e. The van der Waals surface area contributed by atoms with Gasteiger partial charge in [0.2, 0.25) is 0 Å². The monoisotopic (exact) mass is 296 g/mol. The topological polar surface area (TPSA) is 17.0 Å². The molecule has 0 saturated carbocycles. The summed E-state index contributed by atoms with van der Waals surface area (Å²) >= 11 is 12.2. The van der Waals surface area contributed by atoms with Crippen molar-refractivity contribution in [3.8, 4) is 0 Å². The van der Waals surface area contributed by atoms with Gasteiger partial charge in [0.25, 0.3) is 0 Å². The van der Waals surface area contributed by atoms with Crippen molar-refractivity contribution in [2.45, 2.75) is 33.9 Å². The molecule has 1 aromatic carbocycles. The summed E-state index contributed by atoms with van der Waals surface area (Å²) in [6.07, 6.45) is 0. The van der Waals surface area contributed by atoms with Crippen molar-refractivity contribution in [1.29, 1.82) is 0 Å². The number of benzene rings is 1. The predicted molar refractivity (Wildman–Crippen MR) is 83.4 cm³/mol. The first-order valence-corrected chi connectivity index (χ1v) is 7.13. The van der Waals surface area contributed by atoms with Gasteiger partial charge < -0.3 is 9.88 Å². The van der Waals surface area contributed by atoms with Crippen LogP contribution in [0.1, 0.15) is 23.9 Å². The van der Waals surface area contributed by atoms with E-state index >= 15 is 0 Å². The van der Waals surface area contributed by atoms with Gasteiger partial charge in [-0.25, -0.2) is 0 Å². The largest absolute Gasteiger partial charge is 0.380 e. The van der Waals surface area contributed by atoms with Crippen molar-refractivity contribution in [2.75, 3.05) is 5.32 Å². The Morgan fingerprint density at radius 1 is 1.21 bits per heavy atom. The minimum absolute atomic E-state index is 0.575. The Hall–Kier alpha value is -1.12. The van der Waals surface area contributed by atoms with Crippen LogP contribution in [0, 0.1) is 13.8 Å². The quantitative estimate of drug-likeness (QED) is 0.836. The lowest BCUT2D eigenvalue weighted by molar-refractivity contribution is 0.715. The summed E-state index contributed by atoms with van der Waals surface area (Å²) in [6.45, 7) is 8.18. The van der Waals surface area contributed by atoms with Crippen LogP contribution in [0.25, 0.3) is 0 Å². The minimum Gasteiger partial charge on any atom is -0.380 e. The Kier molecular flexibility index (Phi) is 4.43. The summed E-state index contributed by atoms with van der Waals surface area (Å²) in [4.78, 5) is 0. The highest BCUT2D eigenvalue weighted by Crippen LogP contribution is 2.30. The molecule has 2 aromatic rings. The Morgan fingerprint density at radius 2 is 1.95 bits per heavy atom. The molecule has 1 heterocycles. The van der Waals surface area contributed by atoms with Gasteiger partial charge in [0, 0.05) is 24.5 Å². The lowest BCUT2D eigenvalue weighted by atomic mass is 10.2. The SMILES string of the molecule is CCn1c(C)cc(CNc2cccc(Cl)c2Cl)c1C. The fourth-order valence-corrected chi connectivity index (χ4v) is 2.74. The molecule has 2 rings (SSSR count). The molecule has 0 aliphatic heterocycles. The number of aryl methyl sites for hydroxylation is 1. The molecule has 0 aliphatic carbocycles. The Labute approximate surface area is 124 Å². The minimum atomic E-state index is 0.575. The Bertz CT molecular complexity index is 588. The number of halogens is 2. The number of anilines is 1. The van der Waals surface area contributed by atoms with E-state index in [9.17, 15) is 0 Å². The average molecular weight is 297 g/mol. The summed E-state index contributed by atoms with van der Waals surface area (Å²) in [5.74, 6) is 0. The van der Waals surface area contributed by atoms with Crippen LogP contribution in [0.4, 0.5) is 5.69 Å². The van der Waals surface area contributed by atoms with Crippen LogP contribution in [0.3, 0.4) is 0 Å². The normalized spacial score (nSPS) is 10.8. The molecule has 0 unspecified atom stereocenters. The molecule has 0 atom stereocenters. The first kappa shape index (κ1) is 14.3. The van der Waals surface area contributed by atoms with E-state index in [1.165, 1.54) is 17.0 Å². The van der Waals surface area contributed by atoms with Crippen LogP contribution in [0.2, 0.25) is 10.0 Å². The van der Waals surface area contributed by atoms with Gasteiger partial charge in [-0.3, -0.25) is 0 Å². The smallest absolute Gasteiger partial charge is 0.0823 e. The van der Waals surface area contributed by atoms with Gasteiger partial charge in [0.1, 0.15) is 0 Å². The van der Waals surface area contributed by atoms with Gasteiger partial charge in [-0.2, -0.15) is 0 Å². The summed E-state index contributed by atoms with van der Waals surface area (Å²) in [5.41, 5.74) is 4.74. The number of nitrogens with zero attached hydrogens (tertiary/aromatic N) is 1. The maximum absolute atomic E-state index is 6.16. The molecular formula is C15H18Cl2N2. The van der Waals surface area contributed by atoms with Crippen LogP contribution in [-0.4, -0.2) is 4.57 Å². The molecular weight excluding hydrogens is 279 g/mol. The summed E-state index contributed by atoms with van der Waals surface area (Å²) in [6, 6.07) is 7.83. The third-order valence-electron chi connectivity index (χ3n) is 3.42. The van der Waals surface area contributed by atoms with Gasteiger partial charge in [0.05, 0.1) is 15.7 Å². The zero-order chi connectivity index (χ0) is 14.0. The van der Waals surface area contributed by atoms with Gasteiger partial charge in [0.15, 0.2) is 0 Å². The number of aromatic nitrogens is 1. The average Bonchev–Trinajstić information content (AvgIpc) is 2.66. The summed E-state index contributed by atoms with van der Waals surface area (Å²) in [5, 5.41) is 4.50. The van der Waals surface area contributed by atoms with Gasteiger partial charge in [-0.15, -0.1) is 0 Å². The van der Waals surface area contributed by atoms with Crippen LogP contribution >= 0.6 is 23.2 Å². The standard InChI is InChI=1S/C15H18Cl2N2/c1-4-19-10(2)8-12(11(19)3)9-18-14-7-5-6-13(16)15(14)17/h5-8,18H,4,9H2,1-3H3. The Morgan fingerprint density at radius 3 is 2.58 bits per heavy atom. The van der Waals surface area contributed by atoms with Crippen molar-refractivity contribution in [3.63, 3.8) is 0 Å². The molecule has 2 nitrogen and oxygen atoms in total. The number of hydrogen-bond donors (Lipinski definition) is 1. The highest BCUT2D eigenvalue weighted by Gasteiger charge is 2.09. The van der Waals surface area contributed by atoms with Crippen molar-refractivity contribution in [3.05, 3.63) is 51.3 Å². The molecule has 0 saturated heterocycles. The van der Waals surface area contributed by atoms with Gasteiger partial charge >= 0.3 is 0 Å². The van der Waals surface area contributed by atoms with Crippen molar-refractivity contribution in [1.82, 2.24) is 4.57 Å². The molecule has 19 heavy (non-hydrogen) atoms. The maximum atomic E-state index is 6.16. The van der Waals surface area contributed by atoms with Crippen molar-refractivity contribution < 1.29 is 0 Å². The highest BCUT2D eigenvalue weighted by molar-refractivity contribution is 6.43. The van der Waals surface area contributed by atoms with E-state index in [4.69, 9.17) is 23.2 Å². The molecule has 0 amide bonds. The number of hydrogen-bond acceptors (Lipinski definition) is 1. The highest BCUT2D eigenvalue weighted by atomic mass is 35.5. The molecule has 1 aromatic heterocycles. The second-order valence-electron chi connectivity index (χ2n) is 4.60. The van der Waals surface area contributed by atoms with Crippen LogP contribution < -0.4 is 5.32 Å². The van der Waals surface area contributed by atoms with Crippen molar-refractivity contribution >= 4 is 28.9 Å². The first-order chi connectivity index (χ1) is 9.04. The third-order valence-corrected chi connectivity index (χ3v) is 4.23. The molecule has 102 valence electrons. The second kappa shape index (κ2) is 5.89. The van der Waals surface area contributed by atoms with Gasteiger partial charge in [-0.05, 0) is 44.5 Å². The molecule has 0 aliphatic rings. The fraction of sp³-hybridized carbons (Fsp3) is 0.333. The lowest BCUT2D eigenvalue weighted by Crippen LogP contribution is -2.03. The van der Waals surface area contributed by atoms with Crippen LogP contribution in [0.5, 0.6) is 0 Å². The first-order valence-electron chi connectivity index (χ1n) is 6.38. The van der Waals surface area contributed by atoms with E-state index in [2.05, 4.69) is 36.7 Å². The third kappa shape index (κ3) is 2.90. The fourth-order valence-electron chi connectivity index (χ4n) is 2.37. The molecule has 0 fully saturated rings. The van der Waals surface area contributed by atoms with E-state index < -0.39 is 0 Å². The Balaban J connectivity index is 2.17. The predicted octanol–water partition coefficient (Wildman–Crippen LogP) is 5.04. The van der Waals surface area contributed by atoms with E-state index in [-0.39, 0.29) is 0 Å². The summed E-state index contributed by atoms with van der Waals surface area (Å²) < 4.78 is 2.30. The van der Waals surface area contributed by atoms with E-state index in [1.807, 2.05) is 12.1 Å². The number of nitrogens with one attached hydrogen (secondary N) is 1. The zero-order valence-corrected chi connectivity index (χ0v) is 12.9. The van der Waals surface area contributed by atoms with E-state index in [0.29, 0.717) is 10.0 Å². The second-order valence-corrected chi connectivity index (χ2v) is 5.38. The number of rotatable bonds is 4. The lowest BCUT2D eigenvalue weighted by Gasteiger charge is -2.10. The zero-order valence-electron chi connectivity index (χ0n) is 11.4. The van der Waals surface area contributed by atoms with E-state index in [0.717, 1.165) is 18.8 Å². The molecule has 0 bridgehead atoms. The van der Waals surface area contributed by atoms with Gasteiger partial charge in [-0.1, -0.05) is 29.3 Å². The molecule has 4 heteroatoms. The molecule has 0 spiro atoms. The molecule has 0 radical (unpaired) electrons. The van der Waals surface area contributed by atoms with Crippen LogP contribution in [0.15, 0.2) is 24.3 Å². The molecule has 1 N–H and O–H groups in total. The van der Waals surface area contributed by atoms with Crippen LogP contribution in [-0.2, 0) is 13.1 Å². The van der Waals surface area contributed by atoms with Crippen molar-refractivity contribution in [2.24, 2.45) is 0 Å². The summed E-state index contributed by atoms with van der Waals surface area (Å²) in [7, 11) is 0.